The molecule has 170 valence electrons. The van der Waals surface area contributed by atoms with Crippen LogP contribution in [0.3, 0.4) is 0 Å². The first-order chi connectivity index (χ1) is 13.8. The molecule has 0 aliphatic heterocycles. The first-order valence-electron chi connectivity index (χ1n) is 11.3. The molecule has 0 aliphatic rings. The summed E-state index contributed by atoms with van der Waals surface area (Å²) in [6.07, 6.45) is 10.5. The fourth-order valence-corrected chi connectivity index (χ4v) is 3.00. The molecule has 1 unspecified atom stereocenters. The Labute approximate surface area is 173 Å². The number of aliphatic hydroxyl groups excluding tert-OH is 1. The summed E-state index contributed by atoms with van der Waals surface area (Å²) in [4.78, 5) is 0. The van der Waals surface area contributed by atoms with Gasteiger partial charge in [-0.05, 0) is 12.3 Å². The first kappa shape index (κ1) is 27.8. The molecule has 6 nitrogen and oxygen atoms in total. The van der Waals surface area contributed by atoms with Gasteiger partial charge in [0.05, 0.1) is 66.1 Å². The summed E-state index contributed by atoms with van der Waals surface area (Å²) in [5.41, 5.74) is 0. The van der Waals surface area contributed by atoms with Crippen molar-refractivity contribution < 1.29 is 28.8 Å². The molecular formula is C22H46O6. The summed E-state index contributed by atoms with van der Waals surface area (Å²) < 4.78 is 26.9. The summed E-state index contributed by atoms with van der Waals surface area (Å²) in [6, 6.07) is 0. The Morgan fingerprint density at radius 1 is 0.536 bits per heavy atom. The summed E-state index contributed by atoms with van der Waals surface area (Å²) in [7, 11) is 0. The maximum atomic E-state index is 8.54. The highest BCUT2D eigenvalue weighted by Gasteiger charge is 2.04. The van der Waals surface area contributed by atoms with Crippen molar-refractivity contribution in [1.82, 2.24) is 0 Å². The van der Waals surface area contributed by atoms with Gasteiger partial charge in [0.1, 0.15) is 0 Å². The lowest BCUT2D eigenvalue weighted by Crippen LogP contribution is -2.13. The van der Waals surface area contributed by atoms with Gasteiger partial charge in [-0.1, -0.05) is 58.8 Å². The van der Waals surface area contributed by atoms with Crippen LogP contribution >= 0.6 is 0 Å². The first-order valence-corrected chi connectivity index (χ1v) is 11.3. The number of ether oxygens (including phenoxy) is 5. The Kier molecular flexibility index (Phi) is 24.6. The van der Waals surface area contributed by atoms with Crippen LogP contribution in [0.15, 0.2) is 0 Å². The highest BCUT2D eigenvalue weighted by molar-refractivity contribution is 4.57. The van der Waals surface area contributed by atoms with Crippen molar-refractivity contribution in [2.45, 2.75) is 65.2 Å². The molecule has 0 saturated heterocycles. The van der Waals surface area contributed by atoms with E-state index in [0.29, 0.717) is 59.5 Å². The molecule has 0 heterocycles. The van der Waals surface area contributed by atoms with E-state index in [4.69, 9.17) is 28.8 Å². The minimum Gasteiger partial charge on any atom is -0.394 e. The molecule has 0 aromatic heterocycles. The second-order valence-electron chi connectivity index (χ2n) is 7.05. The maximum Gasteiger partial charge on any atom is 0.0701 e. The van der Waals surface area contributed by atoms with Crippen molar-refractivity contribution in [3.05, 3.63) is 0 Å². The molecule has 0 spiro atoms. The fraction of sp³-hybridized carbons (Fsp3) is 1.00. The van der Waals surface area contributed by atoms with Gasteiger partial charge >= 0.3 is 0 Å². The predicted molar refractivity (Wildman–Crippen MR) is 113 cm³/mol. The number of rotatable bonds is 24. The monoisotopic (exact) mass is 406 g/mol. The third kappa shape index (κ3) is 22.1. The van der Waals surface area contributed by atoms with Crippen molar-refractivity contribution in [3.63, 3.8) is 0 Å². The summed E-state index contributed by atoms with van der Waals surface area (Å²) in [5.74, 6) is 0.937. The smallest absolute Gasteiger partial charge is 0.0701 e. The normalized spacial score (nSPS) is 12.5. The van der Waals surface area contributed by atoms with Crippen LogP contribution in [-0.2, 0) is 23.7 Å². The third-order valence-electron chi connectivity index (χ3n) is 4.65. The highest BCUT2D eigenvalue weighted by Crippen LogP contribution is 2.18. The highest BCUT2D eigenvalue weighted by atomic mass is 16.6. The van der Waals surface area contributed by atoms with Gasteiger partial charge in [0.25, 0.3) is 0 Å². The van der Waals surface area contributed by atoms with E-state index in [1.807, 2.05) is 0 Å². The maximum absolute atomic E-state index is 8.54. The van der Waals surface area contributed by atoms with Crippen molar-refractivity contribution in [1.29, 1.82) is 0 Å². The van der Waals surface area contributed by atoms with E-state index in [-0.39, 0.29) is 6.61 Å². The van der Waals surface area contributed by atoms with E-state index in [9.17, 15) is 0 Å². The molecule has 0 fully saturated rings. The Bertz CT molecular complexity index is 278. The molecule has 0 aromatic carbocycles. The lowest BCUT2D eigenvalue weighted by atomic mass is 9.94. The van der Waals surface area contributed by atoms with Crippen LogP contribution in [0, 0.1) is 5.92 Å². The van der Waals surface area contributed by atoms with Gasteiger partial charge in [0, 0.05) is 6.61 Å². The van der Waals surface area contributed by atoms with Crippen LogP contribution < -0.4 is 0 Å². The number of hydrogen-bond acceptors (Lipinski definition) is 6. The fourth-order valence-electron chi connectivity index (χ4n) is 3.00. The third-order valence-corrected chi connectivity index (χ3v) is 4.65. The van der Waals surface area contributed by atoms with Crippen LogP contribution in [0.25, 0.3) is 0 Å². The quantitative estimate of drug-likeness (QED) is 0.246. The van der Waals surface area contributed by atoms with E-state index < -0.39 is 0 Å². The lowest BCUT2D eigenvalue weighted by molar-refractivity contribution is -0.0134. The molecule has 0 aromatic rings. The molecule has 0 saturated carbocycles. The Hall–Kier alpha value is -0.240. The number of aliphatic hydroxyl groups is 1. The van der Waals surface area contributed by atoms with Crippen molar-refractivity contribution >= 4 is 0 Å². The zero-order valence-electron chi connectivity index (χ0n) is 18.5. The van der Waals surface area contributed by atoms with Crippen molar-refractivity contribution in [2.75, 3.05) is 72.7 Å². The second kappa shape index (κ2) is 24.8. The molecule has 6 heteroatoms. The Balaban J connectivity index is 3.07. The lowest BCUT2D eigenvalue weighted by Gasteiger charge is -2.13. The SMILES string of the molecule is CCCC(CC)CCCCCCOCCOCCOCCOCCOCCO. The standard InChI is InChI=1S/C22H46O6/c1-3-9-22(4-2)10-7-5-6-8-12-24-14-16-26-18-20-28-21-19-27-17-15-25-13-11-23/h22-23H,3-21H2,1-2H3. The molecule has 0 radical (unpaired) electrons. The number of unbranched alkanes of at least 4 members (excludes halogenated alkanes) is 3. The molecule has 1 N–H and O–H groups in total. The van der Waals surface area contributed by atoms with Crippen LogP contribution in [0.1, 0.15) is 65.2 Å². The van der Waals surface area contributed by atoms with Crippen molar-refractivity contribution in [3.8, 4) is 0 Å². The van der Waals surface area contributed by atoms with Gasteiger partial charge in [0.15, 0.2) is 0 Å². The Morgan fingerprint density at radius 3 is 1.46 bits per heavy atom. The topological polar surface area (TPSA) is 66.4 Å². The molecule has 1 atom stereocenters. The van der Waals surface area contributed by atoms with Gasteiger partial charge in [-0.3, -0.25) is 0 Å². The van der Waals surface area contributed by atoms with Gasteiger partial charge in [-0.15, -0.1) is 0 Å². The summed E-state index contributed by atoms with van der Waals surface area (Å²) in [5, 5.41) is 8.54. The van der Waals surface area contributed by atoms with Crippen LogP contribution in [-0.4, -0.2) is 77.8 Å². The van der Waals surface area contributed by atoms with Crippen LogP contribution in [0.5, 0.6) is 0 Å². The molecule has 0 amide bonds. The van der Waals surface area contributed by atoms with Gasteiger partial charge in [-0.25, -0.2) is 0 Å². The van der Waals surface area contributed by atoms with Crippen LogP contribution in [0.4, 0.5) is 0 Å². The van der Waals surface area contributed by atoms with E-state index in [0.717, 1.165) is 18.9 Å². The summed E-state index contributed by atoms with van der Waals surface area (Å²) >= 11 is 0. The minimum absolute atomic E-state index is 0.0484. The average molecular weight is 407 g/mol. The van der Waals surface area contributed by atoms with Gasteiger partial charge < -0.3 is 28.8 Å². The Morgan fingerprint density at radius 2 is 1.00 bits per heavy atom. The molecule has 0 bridgehead atoms. The zero-order valence-corrected chi connectivity index (χ0v) is 18.5. The molecule has 28 heavy (non-hydrogen) atoms. The molecular weight excluding hydrogens is 360 g/mol. The van der Waals surface area contributed by atoms with Crippen molar-refractivity contribution in [2.24, 2.45) is 5.92 Å². The zero-order chi connectivity index (χ0) is 20.5. The summed E-state index contributed by atoms with van der Waals surface area (Å²) in [6.45, 7) is 10.4. The molecule has 0 aliphatic carbocycles. The number of hydrogen-bond donors (Lipinski definition) is 1. The average Bonchev–Trinajstić information content (AvgIpc) is 2.71. The van der Waals surface area contributed by atoms with E-state index in [2.05, 4.69) is 13.8 Å². The predicted octanol–water partition coefficient (Wildman–Crippen LogP) is 3.84. The van der Waals surface area contributed by atoms with Gasteiger partial charge in [0.2, 0.25) is 0 Å². The van der Waals surface area contributed by atoms with Gasteiger partial charge in [-0.2, -0.15) is 0 Å². The van der Waals surface area contributed by atoms with Crippen LogP contribution in [0.2, 0.25) is 0 Å². The van der Waals surface area contributed by atoms with E-state index in [1.165, 1.54) is 44.9 Å². The second-order valence-corrected chi connectivity index (χ2v) is 7.05. The largest absolute Gasteiger partial charge is 0.394 e. The molecule has 0 rings (SSSR count). The van der Waals surface area contributed by atoms with E-state index in [1.54, 1.807) is 0 Å². The minimum atomic E-state index is 0.0484. The van der Waals surface area contributed by atoms with E-state index >= 15 is 0 Å².